The second-order valence-corrected chi connectivity index (χ2v) is 8.65. The Kier molecular flexibility index (Phi) is 9.22. The summed E-state index contributed by atoms with van der Waals surface area (Å²) in [6.45, 7) is 7.20. The van der Waals surface area contributed by atoms with Crippen molar-refractivity contribution < 1.29 is 19.4 Å². The number of amides is 2. The van der Waals surface area contributed by atoms with Crippen molar-refractivity contribution in [3.8, 4) is 11.5 Å². The lowest BCUT2D eigenvalue weighted by Gasteiger charge is -2.30. The second-order valence-electron chi connectivity index (χ2n) is 8.65. The van der Waals surface area contributed by atoms with Crippen molar-refractivity contribution in [1.29, 1.82) is 0 Å². The molecule has 0 saturated heterocycles. The fourth-order valence-electron chi connectivity index (χ4n) is 4.13. The van der Waals surface area contributed by atoms with Crippen molar-refractivity contribution in [2.75, 3.05) is 25.6 Å². The van der Waals surface area contributed by atoms with Gasteiger partial charge in [0.2, 0.25) is 0 Å². The van der Waals surface area contributed by atoms with Crippen LogP contribution in [-0.2, 0) is 6.54 Å². The minimum Gasteiger partial charge on any atom is -0.493 e. The van der Waals surface area contributed by atoms with Crippen molar-refractivity contribution in [2.24, 2.45) is 0 Å². The molecule has 0 radical (unpaired) electrons. The summed E-state index contributed by atoms with van der Waals surface area (Å²) in [6.07, 6.45) is 5.66. The summed E-state index contributed by atoms with van der Waals surface area (Å²) < 4.78 is 11.3. The van der Waals surface area contributed by atoms with Gasteiger partial charge in [-0.15, -0.1) is 0 Å². The van der Waals surface area contributed by atoms with Crippen LogP contribution >= 0.6 is 0 Å². The van der Waals surface area contributed by atoms with Gasteiger partial charge >= 0.3 is 6.03 Å². The zero-order valence-electron chi connectivity index (χ0n) is 20.7. The normalized spacial score (nSPS) is 11.9. The predicted octanol–water partition coefficient (Wildman–Crippen LogP) is 5.86. The zero-order chi connectivity index (χ0) is 24.5. The van der Waals surface area contributed by atoms with Crippen molar-refractivity contribution in [3.05, 3.63) is 53.7 Å². The number of unbranched alkanes of at least 4 members (excludes halogenated alkanes) is 2. The molecule has 0 bridgehead atoms. The van der Waals surface area contributed by atoms with E-state index >= 15 is 0 Å². The first kappa shape index (κ1) is 25.4. The minimum atomic E-state index is -0.228. The summed E-state index contributed by atoms with van der Waals surface area (Å²) >= 11 is 0. The van der Waals surface area contributed by atoms with Crippen LogP contribution in [0.2, 0.25) is 0 Å². The van der Waals surface area contributed by atoms with Crippen molar-refractivity contribution in [1.82, 2.24) is 9.88 Å². The first-order chi connectivity index (χ1) is 16.5. The largest absolute Gasteiger partial charge is 0.493 e. The third-order valence-electron chi connectivity index (χ3n) is 6.09. The Morgan fingerprint density at radius 1 is 1.21 bits per heavy atom. The highest BCUT2D eigenvalue weighted by Gasteiger charge is 2.22. The smallest absolute Gasteiger partial charge is 0.322 e. The fraction of sp³-hybridized carbons (Fsp3) is 0.444. The Balaban J connectivity index is 1.81. The van der Waals surface area contributed by atoms with Crippen LogP contribution in [0.1, 0.15) is 50.7 Å². The molecular weight excluding hydrogens is 430 g/mol. The summed E-state index contributed by atoms with van der Waals surface area (Å²) in [5.74, 6) is 1.24. The van der Waals surface area contributed by atoms with E-state index in [1.54, 1.807) is 24.1 Å². The van der Waals surface area contributed by atoms with Crippen LogP contribution in [0, 0.1) is 6.92 Å². The Bertz CT molecular complexity index is 1080. The molecule has 1 aromatic heterocycles. The molecule has 0 aliphatic rings. The quantitative estimate of drug-likeness (QED) is 0.291. The highest BCUT2D eigenvalue weighted by molar-refractivity contribution is 5.91. The van der Waals surface area contributed by atoms with Gasteiger partial charge in [-0.3, -0.25) is 0 Å². The van der Waals surface area contributed by atoms with Gasteiger partial charge in [0.05, 0.1) is 13.7 Å². The summed E-state index contributed by atoms with van der Waals surface area (Å²) in [6, 6.07) is 11.1. The topological polar surface area (TPSA) is 86.8 Å². The van der Waals surface area contributed by atoms with E-state index < -0.39 is 0 Å². The molecule has 0 spiro atoms. The molecule has 0 fully saturated rings. The Labute approximate surface area is 202 Å². The Hall–Kier alpha value is -3.19. The summed E-state index contributed by atoms with van der Waals surface area (Å²) in [5.41, 5.74) is 3.88. The van der Waals surface area contributed by atoms with Crippen LogP contribution in [0.3, 0.4) is 0 Å². The third-order valence-corrected chi connectivity index (χ3v) is 6.09. The van der Waals surface area contributed by atoms with Gasteiger partial charge in [0.15, 0.2) is 11.5 Å². The van der Waals surface area contributed by atoms with E-state index in [0.29, 0.717) is 36.8 Å². The zero-order valence-corrected chi connectivity index (χ0v) is 20.7. The number of aliphatic hydroxyl groups is 1. The average molecular weight is 468 g/mol. The summed E-state index contributed by atoms with van der Waals surface area (Å²) in [4.78, 5) is 18.5. The lowest BCUT2D eigenvalue weighted by molar-refractivity contribution is 0.170. The summed E-state index contributed by atoms with van der Waals surface area (Å²) in [5, 5.41) is 13.7. The van der Waals surface area contributed by atoms with Crippen LogP contribution in [0.5, 0.6) is 11.5 Å². The van der Waals surface area contributed by atoms with Crippen LogP contribution < -0.4 is 14.8 Å². The molecule has 7 nitrogen and oxygen atoms in total. The average Bonchev–Trinajstić information content (AvgIpc) is 3.22. The van der Waals surface area contributed by atoms with Gasteiger partial charge < -0.3 is 29.8 Å². The summed E-state index contributed by atoms with van der Waals surface area (Å²) in [7, 11) is 1.61. The number of carbonyl (C=O) groups excluding carboxylic acids is 1. The number of rotatable bonds is 12. The van der Waals surface area contributed by atoms with Crippen LogP contribution in [0.25, 0.3) is 10.9 Å². The molecule has 0 aliphatic heterocycles. The van der Waals surface area contributed by atoms with Gasteiger partial charge in [0.1, 0.15) is 0 Å². The van der Waals surface area contributed by atoms with E-state index in [4.69, 9.17) is 9.47 Å². The number of benzene rings is 2. The number of hydrogen-bond acceptors (Lipinski definition) is 4. The number of urea groups is 1. The number of aromatic amines is 1. The fourth-order valence-corrected chi connectivity index (χ4v) is 4.13. The minimum absolute atomic E-state index is 0.0105. The van der Waals surface area contributed by atoms with E-state index in [0.717, 1.165) is 41.3 Å². The first-order valence-corrected chi connectivity index (χ1v) is 12.0. The third kappa shape index (κ3) is 6.23. The number of nitrogens with zero attached hydrogens (tertiary/aromatic N) is 1. The van der Waals surface area contributed by atoms with E-state index in [9.17, 15) is 9.90 Å². The van der Waals surface area contributed by atoms with Gasteiger partial charge in [0, 0.05) is 48.0 Å². The Morgan fingerprint density at radius 2 is 2.03 bits per heavy atom. The number of carbonyl (C=O) groups is 1. The molecule has 1 unspecified atom stereocenters. The molecule has 3 aromatic rings. The molecule has 2 amide bonds. The van der Waals surface area contributed by atoms with Crippen LogP contribution in [-0.4, -0.2) is 47.4 Å². The van der Waals surface area contributed by atoms with Crippen molar-refractivity contribution >= 4 is 22.6 Å². The number of aryl methyl sites for hydroxylation is 1. The van der Waals surface area contributed by atoms with E-state index in [1.807, 2.05) is 37.4 Å². The molecule has 184 valence electrons. The highest BCUT2D eigenvalue weighted by Crippen LogP contribution is 2.31. The molecule has 7 heteroatoms. The van der Waals surface area contributed by atoms with Gasteiger partial charge in [-0.25, -0.2) is 4.79 Å². The van der Waals surface area contributed by atoms with Crippen LogP contribution in [0.4, 0.5) is 10.5 Å². The van der Waals surface area contributed by atoms with E-state index in [1.165, 1.54) is 0 Å². The number of methoxy groups -OCH3 is 1. The molecular formula is C27H37N3O4. The molecule has 3 N–H and O–H groups in total. The number of aliphatic hydroxyl groups excluding tert-OH is 1. The number of nitrogens with one attached hydrogen (secondary N) is 2. The molecule has 1 atom stereocenters. The van der Waals surface area contributed by atoms with Gasteiger partial charge in [-0.05, 0) is 56.0 Å². The number of hydrogen-bond donors (Lipinski definition) is 3. The molecule has 0 saturated carbocycles. The molecule has 2 aromatic carbocycles. The molecule has 34 heavy (non-hydrogen) atoms. The standard InChI is InChI=1S/C27H37N3O4/c1-5-6-7-15-34-25-16-22(11-12-24(25)33-4)29-27(32)30(20(3)13-14-31)18-21-9-8-10-23-26(21)19(2)17-28-23/h8-12,16-17,20,28,31H,5-7,13-15,18H2,1-4H3,(H,29,32). The van der Waals surface area contributed by atoms with Gasteiger partial charge in [-0.1, -0.05) is 31.9 Å². The first-order valence-electron chi connectivity index (χ1n) is 12.0. The van der Waals surface area contributed by atoms with Gasteiger partial charge in [-0.2, -0.15) is 0 Å². The lowest BCUT2D eigenvalue weighted by atomic mass is 10.1. The van der Waals surface area contributed by atoms with E-state index in [-0.39, 0.29) is 18.7 Å². The molecule has 3 rings (SSSR count). The number of H-pyrrole nitrogens is 1. The number of fused-ring (bicyclic) bond motifs is 1. The number of ether oxygens (including phenoxy) is 2. The maximum Gasteiger partial charge on any atom is 0.322 e. The predicted molar refractivity (Wildman–Crippen MR) is 137 cm³/mol. The maximum atomic E-state index is 13.4. The van der Waals surface area contributed by atoms with Crippen molar-refractivity contribution in [3.63, 3.8) is 0 Å². The second kappa shape index (κ2) is 12.3. The van der Waals surface area contributed by atoms with E-state index in [2.05, 4.69) is 24.1 Å². The Morgan fingerprint density at radius 3 is 2.76 bits per heavy atom. The molecule has 1 heterocycles. The monoisotopic (exact) mass is 467 g/mol. The molecule has 0 aliphatic carbocycles. The maximum absolute atomic E-state index is 13.4. The number of anilines is 1. The lowest BCUT2D eigenvalue weighted by Crippen LogP contribution is -2.41. The SMILES string of the molecule is CCCCCOc1cc(NC(=O)N(Cc2cccc3[nH]cc(C)c23)C(C)CCO)ccc1OC. The number of aromatic nitrogens is 1. The highest BCUT2D eigenvalue weighted by atomic mass is 16.5. The van der Waals surface area contributed by atoms with Gasteiger partial charge in [0.25, 0.3) is 0 Å². The van der Waals surface area contributed by atoms with Crippen LogP contribution in [0.15, 0.2) is 42.6 Å². The van der Waals surface area contributed by atoms with Crippen molar-refractivity contribution in [2.45, 2.75) is 59.0 Å².